The number of carboxylic acids is 1. The molecule has 1 rings (SSSR count). The van der Waals surface area contributed by atoms with Crippen LogP contribution in [0.4, 0.5) is 0 Å². The first-order valence-corrected chi connectivity index (χ1v) is 7.33. The average molecular weight is 272 g/mol. The van der Waals surface area contributed by atoms with E-state index in [-0.39, 0.29) is 6.10 Å². The van der Waals surface area contributed by atoms with E-state index in [1.54, 1.807) is 0 Å². The Morgan fingerprint density at radius 3 is 2.84 bits per heavy atom. The molecule has 1 fully saturated rings. The molecule has 0 amide bonds. The molecule has 0 aromatic heterocycles. The molecule has 0 bridgehead atoms. The molecule has 112 valence electrons. The topological polar surface area (TPSA) is 61.8 Å². The lowest BCUT2D eigenvalue weighted by Crippen LogP contribution is -2.50. The Labute approximate surface area is 116 Å². The number of rotatable bonds is 8. The molecule has 0 spiro atoms. The highest BCUT2D eigenvalue weighted by atomic mass is 16.5. The second kappa shape index (κ2) is 8.51. The Bertz CT molecular complexity index is 271. The van der Waals surface area contributed by atoms with Crippen LogP contribution in [0.25, 0.3) is 0 Å². The van der Waals surface area contributed by atoms with E-state index in [1.807, 2.05) is 6.92 Å². The van der Waals surface area contributed by atoms with Gasteiger partial charge in [0.2, 0.25) is 0 Å². The van der Waals surface area contributed by atoms with Crippen molar-refractivity contribution < 1.29 is 14.6 Å². The van der Waals surface area contributed by atoms with Gasteiger partial charge in [-0.15, -0.1) is 0 Å². The number of hydrogen-bond donors (Lipinski definition) is 2. The van der Waals surface area contributed by atoms with Gasteiger partial charge >= 0.3 is 5.97 Å². The van der Waals surface area contributed by atoms with Crippen molar-refractivity contribution in [2.45, 2.75) is 45.8 Å². The van der Waals surface area contributed by atoms with Crippen molar-refractivity contribution in [3.05, 3.63) is 0 Å². The monoisotopic (exact) mass is 272 g/mol. The van der Waals surface area contributed by atoms with E-state index in [0.29, 0.717) is 18.9 Å². The Balaban J connectivity index is 2.33. The van der Waals surface area contributed by atoms with Crippen molar-refractivity contribution in [3.63, 3.8) is 0 Å². The number of carboxylic acid groups (broad SMARTS) is 1. The van der Waals surface area contributed by atoms with Crippen molar-refractivity contribution in [2.24, 2.45) is 5.92 Å². The molecule has 1 aliphatic rings. The average Bonchev–Trinajstić information content (AvgIpc) is 2.33. The maximum absolute atomic E-state index is 11.1. The van der Waals surface area contributed by atoms with Crippen molar-refractivity contribution in [2.75, 3.05) is 32.8 Å². The fourth-order valence-corrected chi connectivity index (χ4v) is 2.46. The third kappa shape index (κ3) is 6.36. The fourth-order valence-electron chi connectivity index (χ4n) is 2.46. The molecule has 0 saturated carbocycles. The summed E-state index contributed by atoms with van der Waals surface area (Å²) < 4.78 is 5.70. The first-order valence-electron chi connectivity index (χ1n) is 7.33. The zero-order valence-corrected chi connectivity index (χ0v) is 12.4. The molecule has 5 nitrogen and oxygen atoms in total. The van der Waals surface area contributed by atoms with Crippen LogP contribution in [-0.4, -0.2) is 60.9 Å². The molecule has 1 aliphatic heterocycles. The number of morpholine rings is 1. The normalized spacial score (nSPS) is 22.6. The van der Waals surface area contributed by atoms with E-state index in [9.17, 15) is 4.79 Å². The Hall–Kier alpha value is -0.650. The van der Waals surface area contributed by atoms with Gasteiger partial charge in [-0.25, -0.2) is 0 Å². The van der Waals surface area contributed by atoms with Crippen LogP contribution in [-0.2, 0) is 9.53 Å². The molecule has 5 heteroatoms. The molecule has 2 unspecified atom stereocenters. The first-order chi connectivity index (χ1) is 9.02. The van der Waals surface area contributed by atoms with E-state index in [4.69, 9.17) is 9.84 Å². The van der Waals surface area contributed by atoms with Crippen LogP contribution in [0, 0.1) is 5.92 Å². The third-order valence-corrected chi connectivity index (χ3v) is 3.31. The van der Waals surface area contributed by atoms with Gasteiger partial charge in [-0.3, -0.25) is 9.69 Å². The van der Waals surface area contributed by atoms with Gasteiger partial charge in [0.05, 0.1) is 12.7 Å². The van der Waals surface area contributed by atoms with Gasteiger partial charge in [0.25, 0.3) is 0 Å². The summed E-state index contributed by atoms with van der Waals surface area (Å²) >= 11 is 0. The van der Waals surface area contributed by atoms with Crippen molar-refractivity contribution >= 4 is 5.97 Å². The van der Waals surface area contributed by atoms with E-state index in [1.165, 1.54) is 0 Å². The summed E-state index contributed by atoms with van der Waals surface area (Å²) in [5.74, 6) is -0.115. The number of hydrogen-bond acceptors (Lipinski definition) is 4. The maximum Gasteiger partial charge on any atom is 0.320 e. The second-order valence-corrected chi connectivity index (χ2v) is 5.73. The molecular formula is C14H28N2O3. The standard InChI is InChI=1S/C14H28N2O3/c1-4-5-13(14(17)18)15-8-12-10-16(6-7-19-12)9-11(2)3/h11-13,15H,4-10H2,1-3H3,(H,17,18). The van der Waals surface area contributed by atoms with Crippen molar-refractivity contribution in [1.82, 2.24) is 10.2 Å². The second-order valence-electron chi connectivity index (χ2n) is 5.73. The Morgan fingerprint density at radius 1 is 1.53 bits per heavy atom. The smallest absolute Gasteiger partial charge is 0.320 e. The molecule has 0 aromatic rings. The highest BCUT2D eigenvalue weighted by molar-refractivity contribution is 5.73. The largest absolute Gasteiger partial charge is 0.480 e. The molecule has 0 aliphatic carbocycles. The first kappa shape index (κ1) is 16.4. The highest BCUT2D eigenvalue weighted by Gasteiger charge is 2.23. The van der Waals surface area contributed by atoms with Crippen molar-refractivity contribution in [3.8, 4) is 0 Å². The number of carbonyl (C=O) groups is 1. The maximum atomic E-state index is 11.1. The van der Waals surface area contributed by atoms with Gasteiger partial charge in [-0.2, -0.15) is 0 Å². The van der Waals surface area contributed by atoms with Crippen LogP contribution in [0.15, 0.2) is 0 Å². The molecule has 19 heavy (non-hydrogen) atoms. The lowest BCUT2D eigenvalue weighted by molar-refractivity contribution is -0.140. The summed E-state index contributed by atoms with van der Waals surface area (Å²) in [4.78, 5) is 13.5. The molecule has 0 aromatic carbocycles. The van der Waals surface area contributed by atoms with Crippen LogP contribution < -0.4 is 5.32 Å². The lowest BCUT2D eigenvalue weighted by atomic mass is 10.1. The van der Waals surface area contributed by atoms with Crippen LogP contribution in [0.2, 0.25) is 0 Å². The van der Waals surface area contributed by atoms with E-state index >= 15 is 0 Å². The number of nitrogens with one attached hydrogen (secondary N) is 1. The van der Waals surface area contributed by atoms with Crippen molar-refractivity contribution in [1.29, 1.82) is 0 Å². The summed E-state index contributed by atoms with van der Waals surface area (Å²) in [7, 11) is 0. The summed E-state index contributed by atoms with van der Waals surface area (Å²) in [5.41, 5.74) is 0. The van der Waals surface area contributed by atoms with Gasteiger partial charge < -0.3 is 15.2 Å². The van der Waals surface area contributed by atoms with Crippen LogP contribution >= 0.6 is 0 Å². The SMILES string of the molecule is CCCC(NCC1CN(CC(C)C)CCO1)C(=O)O. The van der Waals surface area contributed by atoms with Gasteiger partial charge in [-0.1, -0.05) is 27.2 Å². The summed E-state index contributed by atoms with van der Waals surface area (Å²) in [5, 5.41) is 12.2. The van der Waals surface area contributed by atoms with Crippen LogP contribution in [0.5, 0.6) is 0 Å². The Kier molecular flexibility index (Phi) is 7.34. The lowest BCUT2D eigenvalue weighted by Gasteiger charge is -2.34. The zero-order valence-electron chi connectivity index (χ0n) is 12.4. The zero-order chi connectivity index (χ0) is 14.3. The number of nitrogens with zero attached hydrogens (tertiary/aromatic N) is 1. The molecule has 1 heterocycles. The van der Waals surface area contributed by atoms with E-state index < -0.39 is 12.0 Å². The van der Waals surface area contributed by atoms with Crippen LogP contribution in [0.1, 0.15) is 33.6 Å². The minimum atomic E-state index is -0.767. The van der Waals surface area contributed by atoms with Crippen LogP contribution in [0.3, 0.4) is 0 Å². The summed E-state index contributed by atoms with van der Waals surface area (Å²) in [6.07, 6.45) is 1.64. The van der Waals surface area contributed by atoms with Gasteiger partial charge in [0, 0.05) is 26.2 Å². The molecule has 0 radical (unpaired) electrons. The molecule has 2 N–H and O–H groups in total. The number of ether oxygens (including phenoxy) is 1. The minimum Gasteiger partial charge on any atom is -0.480 e. The minimum absolute atomic E-state index is 0.103. The number of aliphatic carboxylic acids is 1. The molecule has 2 atom stereocenters. The highest BCUT2D eigenvalue weighted by Crippen LogP contribution is 2.08. The summed E-state index contributed by atoms with van der Waals surface area (Å²) in [6, 6.07) is -0.450. The van der Waals surface area contributed by atoms with Gasteiger partial charge in [-0.05, 0) is 12.3 Å². The van der Waals surface area contributed by atoms with Gasteiger partial charge in [0.1, 0.15) is 6.04 Å². The predicted molar refractivity (Wildman–Crippen MR) is 75.4 cm³/mol. The third-order valence-electron chi connectivity index (χ3n) is 3.31. The molecule has 1 saturated heterocycles. The quantitative estimate of drug-likeness (QED) is 0.695. The Morgan fingerprint density at radius 2 is 2.26 bits per heavy atom. The summed E-state index contributed by atoms with van der Waals surface area (Å²) in [6.45, 7) is 10.7. The van der Waals surface area contributed by atoms with E-state index in [2.05, 4.69) is 24.1 Å². The fraction of sp³-hybridized carbons (Fsp3) is 0.929. The van der Waals surface area contributed by atoms with E-state index in [0.717, 1.165) is 32.7 Å². The molecular weight excluding hydrogens is 244 g/mol. The van der Waals surface area contributed by atoms with Gasteiger partial charge in [0.15, 0.2) is 0 Å². The predicted octanol–water partition coefficient (Wildman–Crippen LogP) is 1.19.